The van der Waals surface area contributed by atoms with E-state index in [1.54, 1.807) is 105 Å². The number of primary amides is 3. The molecule has 0 bridgehead atoms. The molecule has 4 amide bonds. The van der Waals surface area contributed by atoms with Gasteiger partial charge in [-0.3, -0.25) is 14.4 Å². The molecule has 2 saturated carbocycles. The minimum atomic E-state index is -0.759. The second kappa shape index (κ2) is 31.3. The summed E-state index contributed by atoms with van der Waals surface area (Å²) in [6.07, 6.45) is 20.7. The number of nitrogens with zero attached hydrogens (tertiary/aromatic N) is 12. The molecule has 6 heterocycles. The zero-order valence-electron chi connectivity index (χ0n) is 52.9. The molecule has 6 aromatic heterocycles. The Labute approximate surface area is 554 Å². The van der Waals surface area contributed by atoms with Crippen LogP contribution in [0.15, 0.2) is 159 Å². The lowest BCUT2D eigenvalue weighted by atomic mass is 9.90. The average molecular weight is 1330 g/mol. The Kier molecular flexibility index (Phi) is 21.9. The number of anilines is 8. The van der Waals surface area contributed by atoms with Crippen molar-refractivity contribution >= 4 is 70.2 Å². The van der Waals surface area contributed by atoms with Crippen molar-refractivity contribution in [1.29, 1.82) is 0 Å². The number of amides is 4. The van der Waals surface area contributed by atoms with Gasteiger partial charge in [0.25, 0.3) is 17.7 Å². The zero-order chi connectivity index (χ0) is 68.6. The number of aromatic nitrogens is 12. The molecule has 12 rings (SSSR count). The lowest BCUT2D eigenvalue weighted by molar-refractivity contribution is 0.0488. The van der Waals surface area contributed by atoms with Crippen LogP contribution >= 0.6 is 0 Å². The fourth-order valence-electron chi connectivity index (χ4n) is 10.4. The number of nitrogens with one attached hydrogen (secondary N) is 6. The molecule has 0 spiro atoms. The third kappa shape index (κ3) is 18.4. The fraction of sp³-hybridized carbons (Fsp3) is 0.258. The van der Waals surface area contributed by atoms with Crippen molar-refractivity contribution in [2.45, 2.75) is 109 Å². The van der Waals surface area contributed by atoms with Crippen LogP contribution in [0.5, 0.6) is 6.01 Å². The predicted molar refractivity (Wildman–Crippen MR) is 356 cm³/mol. The Morgan fingerprint density at radius 2 is 0.938 bits per heavy atom. The molecule has 0 saturated heterocycles. The maximum absolute atomic E-state index is 14.9. The minimum absolute atomic E-state index is 0.00172. The number of nitrogens with two attached hydrogens (primary N) is 4. The smallest absolute Gasteiger partial charge is 0.407 e. The van der Waals surface area contributed by atoms with Crippen LogP contribution in [-0.2, 0) is 11.3 Å². The van der Waals surface area contributed by atoms with Crippen LogP contribution in [0.1, 0.15) is 109 Å². The number of carbonyl (C=O) groups excluding carboxylic acids is 4. The van der Waals surface area contributed by atoms with Gasteiger partial charge in [0.05, 0.1) is 40.2 Å². The van der Waals surface area contributed by atoms with E-state index in [1.165, 1.54) is 58.3 Å². The molecular weight excluding hydrogens is 1250 g/mol. The van der Waals surface area contributed by atoms with E-state index in [9.17, 15) is 32.3 Å². The van der Waals surface area contributed by atoms with Crippen LogP contribution in [0.3, 0.4) is 0 Å². The van der Waals surface area contributed by atoms with Gasteiger partial charge in [-0.15, -0.1) is 0 Å². The van der Waals surface area contributed by atoms with Crippen LogP contribution < -0.4 is 59.6 Å². The average Bonchev–Trinajstić information content (AvgIpc) is 1.27. The summed E-state index contributed by atoms with van der Waals surface area (Å²) < 4.78 is 59.8. The van der Waals surface area contributed by atoms with Gasteiger partial charge in [0, 0.05) is 92.1 Å². The molecule has 4 aromatic carbocycles. The highest BCUT2D eigenvalue weighted by atomic mass is 19.1. The Morgan fingerprint density at radius 3 is 1.35 bits per heavy atom. The summed E-state index contributed by atoms with van der Waals surface area (Å²) in [5.41, 5.74) is 24.9. The van der Waals surface area contributed by atoms with Gasteiger partial charge in [-0.25, -0.2) is 47.0 Å². The van der Waals surface area contributed by atoms with Gasteiger partial charge in [-0.1, -0.05) is 56.0 Å². The van der Waals surface area contributed by atoms with Crippen LogP contribution in [-0.4, -0.2) is 113 Å². The maximum atomic E-state index is 14.9. The summed E-state index contributed by atoms with van der Waals surface area (Å²) in [5.74, 6) is -3.13. The topological polar surface area (TPSA) is 394 Å². The summed E-state index contributed by atoms with van der Waals surface area (Å²) in [6.45, 7) is 5.65. The quantitative estimate of drug-likeness (QED) is 0.0339. The summed E-state index contributed by atoms with van der Waals surface area (Å²) in [5, 5.41) is 30.1. The van der Waals surface area contributed by atoms with Crippen molar-refractivity contribution in [2.24, 2.45) is 22.9 Å². The first-order valence-corrected chi connectivity index (χ1v) is 30.9. The monoisotopic (exact) mass is 1320 g/mol. The van der Waals surface area contributed by atoms with Gasteiger partial charge < -0.3 is 64.3 Å². The molecule has 2 aliphatic carbocycles. The number of rotatable bonds is 20. The number of hydrogen-bond donors (Lipinski definition) is 10. The Morgan fingerprint density at radius 1 is 0.526 bits per heavy atom. The summed E-state index contributed by atoms with van der Waals surface area (Å²) >= 11 is 0. The Bertz CT molecular complexity index is 4330. The lowest BCUT2D eigenvalue weighted by Gasteiger charge is -2.33. The van der Waals surface area contributed by atoms with E-state index in [0.29, 0.717) is 23.0 Å². The van der Waals surface area contributed by atoms with Crippen LogP contribution in [0, 0.1) is 17.5 Å². The molecule has 2 aliphatic rings. The van der Waals surface area contributed by atoms with Crippen molar-refractivity contribution in [2.75, 3.05) is 26.6 Å². The van der Waals surface area contributed by atoms with Gasteiger partial charge in [0.2, 0.25) is 11.9 Å². The Balaban J connectivity index is 0.000000159. The van der Waals surface area contributed by atoms with Gasteiger partial charge in [0.1, 0.15) is 58.0 Å². The third-order valence-electron chi connectivity index (χ3n) is 15.2. The highest BCUT2D eigenvalue weighted by Crippen LogP contribution is 2.30. The number of ether oxygens (including phenoxy) is 2. The van der Waals surface area contributed by atoms with Crippen LogP contribution in [0.25, 0.3) is 17.1 Å². The molecule has 97 heavy (non-hydrogen) atoms. The molecule has 0 unspecified atom stereocenters. The summed E-state index contributed by atoms with van der Waals surface area (Å²) in [6, 6.07) is 28.0. The molecule has 28 nitrogen and oxygen atoms in total. The number of hydrogen-bond acceptors (Lipinski definition) is 21. The normalized spacial score (nSPS) is 15.8. The number of alkyl carbamates (subject to hydrolysis) is 1. The van der Waals surface area contributed by atoms with Crippen molar-refractivity contribution in [3.05, 3.63) is 199 Å². The first-order chi connectivity index (χ1) is 46.7. The van der Waals surface area contributed by atoms with E-state index in [4.69, 9.17) is 32.4 Å². The van der Waals surface area contributed by atoms with E-state index < -0.39 is 46.9 Å². The maximum Gasteiger partial charge on any atom is 0.407 e. The van der Waals surface area contributed by atoms with Crippen LogP contribution in [0.4, 0.5) is 64.4 Å². The molecule has 10 aromatic rings. The van der Waals surface area contributed by atoms with Crippen LogP contribution in [0.2, 0.25) is 0 Å². The fourth-order valence-corrected chi connectivity index (χ4v) is 10.4. The summed E-state index contributed by atoms with van der Waals surface area (Å²) in [4.78, 5) is 73.3. The van der Waals surface area contributed by atoms with Crippen molar-refractivity contribution in [3.8, 4) is 23.1 Å². The van der Waals surface area contributed by atoms with Gasteiger partial charge in [-0.2, -0.15) is 30.2 Å². The number of halogens is 3. The second-order valence-electron chi connectivity index (χ2n) is 23.4. The lowest BCUT2D eigenvalue weighted by Crippen LogP contribution is -2.50. The molecular formula is C66H71F3N22O6. The highest BCUT2D eigenvalue weighted by Gasteiger charge is 2.30. The standard InChI is InChI=1S/C25H31FN8O3.C21H17FN6O2.C20H23FN8O/c1-25(2,3)37-24(36)32-20-8-5-4-7-19(20)31-23-28-14-16(21(27)35)22(33-23)30-18-10-9-15(13-17(18)26)34-12-6-11-29-34;22-17-11-15(28-10-4-9-25-28)7-8-18(17)26-20-16(19(23)29)12-24-21(27-20)30-13-14-5-2-1-3-6-14;21-14-10-12(29-9-3-8-25-29)6-7-16(14)26-19-13(18(23)30)11-24-20(28-19)27-17-5-2-1-4-15(17)22/h6,9-14,19-20H,4-5,7-8H2,1-3H3,(H2,27,35)(H,32,36)(H2,28,30,31,33);1-12H,13H2,(H2,23,29)(H,24,26,27);3,6-11,15,17H,1-2,4-5,22H2,(H2,23,30)(H2,24,26,27,28)/t19-,20+;;15-,17+/m1.0/s1. The Hall–Kier alpha value is -12.0. The SMILES string of the molecule is CC(C)(C)OC(=O)N[C@H]1CCCC[C@H]1Nc1ncc(C(N)=O)c(Nc2ccc(-n3cccn3)cc2F)n1.NC(=O)c1cnc(N[C@@H]2CCCC[C@@H]2N)nc1Nc1ccc(-n2cccn2)cc1F.NC(=O)c1cnc(OCc2ccccc2)nc1Nc1ccc(-n2cccn2)cc1F. The third-order valence-corrected chi connectivity index (χ3v) is 15.2. The number of benzene rings is 4. The zero-order valence-corrected chi connectivity index (χ0v) is 52.9. The van der Waals surface area contributed by atoms with E-state index in [0.717, 1.165) is 56.9 Å². The number of carbonyl (C=O) groups is 4. The second-order valence-corrected chi connectivity index (χ2v) is 23.4. The first-order valence-electron chi connectivity index (χ1n) is 30.9. The first kappa shape index (κ1) is 67.9. The molecule has 0 radical (unpaired) electrons. The van der Waals surface area contributed by atoms with Gasteiger partial charge in [-0.05, 0) is 107 Å². The summed E-state index contributed by atoms with van der Waals surface area (Å²) in [7, 11) is 0. The largest absolute Gasteiger partial charge is 0.459 e. The van der Waals surface area contributed by atoms with Gasteiger partial charge >= 0.3 is 12.1 Å². The molecule has 14 N–H and O–H groups in total. The van der Waals surface area contributed by atoms with E-state index in [-0.39, 0.29) is 93.9 Å². The molecule has 0 aliphatic heterocycles. The molecule has 502 valence electrons. The van der Waals surface area contributed by atoms with Crippen molar-refractivity contribution in [1.82, 2.24) is 64.6 Å². The van der Waals surface area contributed by atoms with E-state index >= 15 is 0 Å². The van der Waals surface area contributed by atoms with Gasteiger partial charge in [0.15, 0.2) is 5.82 Å². The highest BCUT2D eigenvalue weighted by molar-refractivity contribution is 5.99. The molecule has 4 atom stereocenters. The van der Waals surface area contributed by atoms with Crippen molar-refractivity contribution in [3.63, 3.8) is 0 Å². The van der Waals surface area contributed by atoms with E-state index in [1.807, 2.05) is 30.3 Å². The minimum Gasteiger partial charge on any atom is -0.459 e. The van der Waals surface area contributed by atoms with Crippen molar-refractivity contribution < 1.29 is 41.8 Å². The van der Waals surface area contributed by atoms with E-state index in [2.05, 4.69) is 77.1 Å². The predicted octanol–water partition coefficient (Wildman–Crippen LogP) is 9.44. The molecule has 31 heteroatoms. The molecule has 2 fully saturated rings.